The summed E-state index contributed by atoms with van der Waals surface area (Å²) < 4.78 is 33.6. The summed E-state index contributed by atoms with van der Waals surface area (Å²) in [5, 5.41) is 20.8. The Labute approximate surface area is 240 Å². The van der Waals surface area contributed by atoms with Gasteiger partial charge in [-0.2, -0.15) is 5.10 Å². The molecule has 5 rings (SSSR count). The highest BCUT2D eigenvalue weighted by Crippen LogP contribution is 2.32. The van der Waals surface area contributed by atoms with Gasteiger partial charge in [0.05, 0.1) is 21.8 Å². The number of carbonyl (C=O) groups is 1. The van der Waals surface area contributed by atoms with Gasteiger partial charge in [0, 0.05) is 36.2 Å². The topological polar surface area (TPSA) is 115 Å². The van der Waals surface area contributed by atoms with E-state index in [1.54, 1.807) is 47.5 Å². The molecule has 10 heteroatoms. The summed E-state index contributed by atoms with van der Waals surface area (Å²) in [5.74, 6) is -0.192. The molecular weight excluding hydrogens is 540 g/mol. The number of rotatable bonds is 5. The van der Waals surface area contributed by atoms with E-state index in [1.807, 2.05) is 52.8 Å². The SMILES string of the molecule is Cc1ccc(S(=O)(=O)n2ccc3ccc(-c4nnc(C(O)C5CCCN(C(=O)OC(C)(C)C)C5)cc4C)cc32)cc1. The second-order valence-corrected chi connectivity index (χ2v) is 13.6. The number of fused-ring (bicyclic) bond motifs is 1. The molecule has 0 radical (unpaired) electrons. The van der Waals surface area contributed by atoms with Crippen LogP contribution in [-0.2, 0) is 14.8 Å². The second kappa shape index (κ2) is 10.9. The van der Waals surface area contributed by atoms with E-state index >= 15 is 0 Å². The van der Waals surface area contributed by atoms with Gasteiger partial charge in [-0.15, -0.1) is 5.10 Å². The molecule has 0 spiro atoms. The predicted molar refractivity (Wildman–Crippen MR) is 157 cm³/mol. The van der Waals surface area contributed by atoms with Crippen molar-refractivity contribution in [1.29, 1.82) is 0 Å². The van der Waals surface area contributed by atoms with Gasteiger partial charge in [-0.05, 0) is 83.4 Å². The van der Waals surface area contributed by atoms with Crippen LogP contribution in [0.5, 0.6) is 0 Å². The van der Waals surface area contributed by atoms with Crippen molar-refractivity contribution in [2.75, 3.05) is 13.1 Å². The molecule has 1 N–H and O–H groups in total. The van der Waals surface area contributed by atoms with E-state index in [4.69, 9.17) is 4.74 Å². The number of aromatic nitrogens is 3. The Morgan fingerprint density at radius 1 is 1.05 bits per heavy atom. The van der Waals surface area contributed by atoms with Gasteiger partial charge in [0.2, 0.25) is 0 Å². The quantitative estimate of drug-likeness (QED) is 0.327. The molecule has 216 valence electrons. The van der Waals surface area contributed by atoms with Crippen LogP contribution in [-0.4, -0.2) is 57.4 Å². The molecule has 0 aliphatic carbocycles. The van der Waals surface area contributed by atoms with Crippen LogP contribution < -0.4 is 0 Å². The lowest BCUT2D eigenvalue weighted by atomic mass is 9.90. The minimum Gasteiger partial charge on any atom is -0.444 e. The van der Waals surface area contributed by atoms with Crippen molar-refractivity contribution in [1.82, 2.24) is 19.1 Å². The fraction of sp³-hybridized carbons (Fsp3) is 0.387. The first kappa shape index (κ1) is 28.8. The zero-order valence-corrected chi connectivity index (χ0v) is 24.9. The molecule has 9 nitrogen and oxygen atoms in total. The van der Waals surface area contributed by atoms with E-state index < -0.39 is 21.7 Å². The molecular formula is C31H36N4O5S. The third-order valence-corrected chi connectivity index (χ3v) is 9.08. The van der Waals surface area contributed by atoms with Gasteiger partial charge in [0.15, 0.2) is 0 Å². The lowest BCUT2D eigenvalue weighted by Crippen LogP contribution is -2.44. The maximum absolute atomic E-state index is 13.4. The summed E-state index contributed by atoms with van der Waals surface area (Å²) in [6, 6.07) is 15.9. The number of ether oxygens (including phenoxy) is 1. The number of nitrogens with zero attached hydrogens (tertiary/aromatic N) is 4. The standard InChI is InChI=1S/C31H36N4O5S/c1-20-8-12-25(13-9-20)41(38,39)35-16-14-22-10-11-23(18-27(22)35)28-21(2)17-26(32-33-28)29(36)24-7-6-15-34(19-24)30(37)40-31(3,4)5/h8-14,16-18,24,29,36H,6-7,15,19H2,1-5H3. The number of carbonyl (C=O) groups excluding carboxylic acids is 1. The zero-order valence-electron chi connectivity index (χ0n) is 24.0. The monoisotopic (exact) mass is 576 g/mol. The number of hydrogen-bond donors (Lipinski definition) is 1. The van der Waals surface area contributed by atoms with Crippen LogP contribution in [0.4, 0.5) is 4.79 Å². The maximum Gasteiger partial charge on any atom is 0.410 e. The summed E-state index contributed by atoms with van der Waals surface area (Å²) in [5.41, 5.74) is 3.49. The number of benzene rings is 2. The van der Waals surface area contributed by atoms with Crippen LogP contribution in [0.1, 0.15) is 56.5 Å². The highest BCUT2D eigenvalue weighted by molar-refractivity contribution is 7.90. The maximum atomic E-state index is 13.4. The number of piperidine rings is 1. The molecule has 41 heavy (non-hydrogen) atoms. The van der Waals surface area contributed by atoms with Gasteiger partial charge in [-0.1, -0.05) is 29.8 Å². The fourth-order valence-corrected chi connectivity index (χ4v) is 6.57. The van der Waals surface area contributed by atoms with Crippen molar-refractivity contribution >= 4 is 27.0 Å². The van der Waals surface area contributed by atoms with Gasteiger partial charge in [-0.25, -0.2) is 17.2 Å². The first-order valence-corrected chi connectivity index (χ1v) is 15.2. The van der Waals surface area contributed by atoms with Gasteiger partial charge >= 0.3 is 6.09 Å². The van der Waals surface area contributed by atoms with Crippen molar-refractivity contribution in [3.05, 3.63) is 77.6 Å². The molecule has 3 heterocycles. The Morgan fingerprint density at radius 3 is 2.46 bits per heavy atom. The Hall–Kier alpha value is -3.76. The van der Waals surface area contributed by atoms with E-state index in [2.05, 4.69) is 10.2 Å². The Kier molecular flexibility index (Phi) is 7.65. The van der Waals surface area contributed by atoms with Crippen molar-refractivity contribution in [2.24, 2.45) is 5.92 Å². The van der Waals surface area contributed by atoms with Crippen LogP contribution >= 0.6 is 0 Å². The highest BCUT2D eigenvalue weighted by Gasteiger charge is 2.32. The van der Waals surface area contributed by atoms with Crippen LogP contribution in [0, 0.1) is 19.8 Å². The second-order valence-electron chi connectivity index (χ2n) is 11.8. The largest absolute Gasteiger partial charge is 0.444 e. The Morgan fingerprint density at radius 2 is 1.78 bits per heavy atom. The number of aryl methyl sites for hydroxylation is 2. The van der Waals surface area contributed by atoms with Gasteiger partial charge in [0.25, 0.3) is 10.0 Å². The smallest absolute Gasteiger partial charge is 0.410 e. The molecule has 1 amide bonds. The molecule has 2 atom stereocenters. The predicted octanol–water partition coefficient (Wildman–Crippen LogP) is 5.63. The van der Waals surface area contributed by atoms with Gasteiger partial charge < -0.3 is 14.7 Å². The average Bonchev–Trinajstić information content (AvgIpc) is 3.36. The summed E-state index contributed by atoms with van der Waals surface area (Å²) in [4.78, 5) is 14.4. The van der Waals surface area contributed by atoms with Crippen molar-refractivity contribution in [2.45, 2.75) is 64.1 Å². The van der Waals surface area contributed by atoms with Crippen molar-refractivity contribution in [3.63, 3.8) is 0 Å². The van der Waals surface area contributed by atoms with Crippen LogP contribution in [0.2, 0.25) is 0 Å². The number of hydrogen-bond acceptors (Lipinski definition) is 7. The number of aliphatic hydroxyl groups excluding tert-OH is 1. The molecule has 1 saturated heterocycles. The summed E-state index contributed by atoms with van der Waals surface area (Å²) in [6.45, 7) is 10.3. The van der Waals surface area contributed by atoms with E-state index in [-0.39, 0.29) is 16.9 Å². The molecule has 0 saturated carbocycles. The molecule has 2 unspecified atom stereocenters. The van der Waals surface area contributed by atoms with E-state index in [0.717, 1.165) is 34.9 Å². The Bertz CT molecular complexity index is 1690. The fourth-order valence-electron chi connectivity index (χ4n) is 5.22. The molecule has 4 aromatic rings. The third kappa shape index (κ3) is 5.99. The Balaban J connectivity index is 1.39. The molecule has 1 fully saturated rings. The zero-order chi connectivity index (χ0) is 29.5. The first-order chi connectivity index (χ1) is 19.3. The van der Waals surface area contributed by atoms with E-state index in [9.17, 15) is 18.3 Å². The third-order valence-electron chi connectivity index (χ3n) is 7.37. The molecule has 1 aliphatic rings. The van der Waals surface area contributed by atoms with Crippen molar-refractivity contribution in [3.8, 4) is 11.3 Å². The summed E-state index contributed by atoms with van der Waals surface area (Å²) in [7, 11) is -3.79. The lowest BCUT2D eigenvalue weighted by molar-refractivity contribution is 0.00158. The molecule has 2 aromatic heterocycles. The number of likely N-dealkylation sites (tertiary alicyclic amines) is 1. The van der Waals surface area contributed by atoms with Crippen LogP contribution in [0.25, 0.3) is 22.2 Å². The lowest BCUT2D eigenvalue weighted by Gasteiger charge is -2.35. The average molecular weight is 577 g/mol. The van der Waals surface area contributed by atoms with E-state index in [1.165, 1.54) is 3.97 Å². The minimum atomic E-state index is -3.79. The normalized spacial score (nSPS) is 17.0. The molecule has 1 aliphatic heterocycles. The van der Waals surface area contributed by atoms with Crippen LogP contribution in [0.15, 0.2) is 65.7 Å². The van der Waals surface area contributed by atoms with Gasteiger partial charge in [0.1, 0.15) is 11.7 Å². The summed E-state index contributed by atoms with van der Waals surface area (Å²) in [6.07, 6.45) is 1.81. The number of amides is 1. The highest BCUT2D eigenvalue weighted by atomic mass is 32.2. The van der Waals surface area contributed by atoms with Gasteiger partial charge in [-0.3, -0.25) is 0 Å². The number of aliphatic hydroxyl groups is 1. The molecule has 2 aromatic carbocycles. The van der Waals surface area contributed by atoms with Crippen molar-refractivity contribution < 1.29 is 23.1 Å². The first-order valence-electron chi connectivity index (χ1n) is 13.8. The van der Waals surface area contributed by atoms with Crippen LogP contribution in [0.3, 0.4) is 0 Å². The molecule has 0 bridgehead atoms. The van der Waals surface area contributed by atoms with E-state index in [0.29, 0.717) is 30.0 Å². The summed E-state index contributed by atoms with van der Waals surface area (Å²) >= 11 is 0. The minimum absolute atomic E-state index is 0.192.